The number of rotatable bonds is 6. The van der Waals surface area contributed by atoms with E-state index in [2.05, 4.69) is 51.6 Å². The maximum Gasteiger partial charge on any atom is 0.194 e. The molecule has 2 aromatic heterocycles. The van der Waals surface area contributed by atoms with Crippen molar-refractivity contribution in [1.82, 2.24) is 29.8 Å². The highest BCUT2D eigenvalue weighted by Gasteiger charge is 2.25. The molecule has 0 spiro atoms. The van der Waals surface area contributed by atoms with Gasteiger partial charge in [-0.3, -0.25) is 9.67 Å². The van der Waals surface area contributed by atoms with Crippen LogP contribution >= 0.6 is 24.0 Å². The van der Waals surface area contributed by atoms with Crippen LogP contribution in [0.5, 0.6) is 0 Å². The fraction of sp³-hybridized carbons (Fsp3) is 0.409. The second kappa shape index (κ2) is 11.3. The molecule has 0 bridgehead atoms. The van der Waals surface area contributed by atoms with Crippen molar-refractivity contribution in [2.45, 2.75) is 19.4 Å². The molecule has 0 aliphatic carbocycles. The number of benzene rings is 1. The minimum Gasteiger partial charge on any atom is -0.370 e. The molecule has 1 N–H and O–H groups in total. The molecule has 1 aliphatic rings. The summed E-state index contributed by atoms with van der Waals surface area (Å²) in [7, 11) is 1.93. The van der Waals surface area contributed by atoms with Gasteiger partial charge in [0.05, 0.1) is 25.0 Å². The van der Waals surface area contributed by atoms with Crippen molar-refractivity contribution in [3.63, 3.8) is 0 Å². The topological polar surface area (TPSA) is 72.5 Å². The number of ether oxygens (including phenoxy) is 1. The maximum absolute atomic E-state index is 5.97. The molecule has 1 fully saturated rings. The number of guanidine groups is 1. The SMILES string of the molecule is CCNC(=NCCc1ccc(-n2cccn2)cc1)N1CCOC(c2cnn(C)c2)C1.I. The molecule has 4 rings (SSSR count). The van der Waals surface area contributed by atoms with Crippen LogP contribution in [0.3, 0.4) is 0 Å². The van der Waals surface area contributed by atoms with Crippen LogP contribution < -0.4 is 5.32 Å². The highest BCUT2D eigenvalue weighted by atomic mass is 127. The van der Waals surface area contributed by atoms with E-state index in [0.29, 0.717) is 6.61 Å². The van der Waals surface area contributed by atoms with Crippen LogP contribution in [0.4, 0.5) is 0 Å². The van der Waals surface area contributed by atoms with E-state index in [0.717, 1.165) is 49.8 Å². The van der Waals surface area contributed by atoms with Crippen molar-refractivity contribution < 1.29 is 4.74 Å². The van der Waals surface area contributed by atoms with Gasteiger partial charge in [-0.25, -0.2) is 4.68 Å². The van der Waals surface area contributed by atoms with Crippen molar-refractivity contribution in [3.8, 4) is 5.69 Å². The van der Waals surface area contributed by atoms with Gasteiger partial charge in [-0.15, -0.1) is 24.0 Å². The van der Waals surface area contributed by atoms with Crippen LogP contribution in [0.1, 0.15) is 24.2 Å². The molecule has 166 valence electrons. The minimum absolute atomic E-state index is 0. The first-order chi connectivity index (χ1) is 14.7. The van der Waals surface area contributed by atoms with Crippen molar-refractivity contribution in [2.24, 2.45) is 12.0 Å². The molecular weight excluding hydrogens is 505 g/mol. The van der Waals surface area contributed by atoms with Crippen LogP contribution in [-0.2, 0) is 18.2 Å². The third kappa shape index (κ3) is 6.07. The molecule has 1 saturated heterocycles. The van der Waals surface area contributed by atoms with Gasteiger partial charge in [-0.1, -0.05) is 12.1 Å². The van der Waals surface area contributed by atoms with E-state index in [1.807, 2.05) is 41.1 Å². The summed E-state index contributed by atoms with van der Waals surface area (Å²) in [5, 5.41) is 12.0. The summed E-state index contributed by atoms with van der Waals surface area (Å²) in [6.45, 7) is 5.96. The average molecular weight is 535 g/mol. The van der Waals surface area contributed by atoms with Gasteiger partial charge in [-0.2, -0.15) is 10.2 Å². The minimum atomic E-state index is 0. The van der Waals surface area contributed by atoms with Crippen molar-refractivity contribution in [3.05, 3.63) is 66.2 Å². The third-order valence-electron chi connectivity index (χ3n) is 5.16. The molecule has 3 aromatic rings. The molecule has 0 radical (unpaired) electrons. The zero-order valence-corrected chi connectivity index (χ0v) is 20.3. The molecule has 1 aromatic carbocycles. The standard InChI is InChI=1S/C22H29N7O.HI/c1-3-23-22(28-13-14-30-21(17-28)19-15-26-27(2)16-19)24-11-9-18-5-7-20(8-6-18)29-12-4-10-25-29;/h4-8,10,12,15-16,21H,3,9,11,13-14,17H2,1-2H3,(H,23,24);1H. The van der Waals surface area contributed by atoms with Gasteiger partial charge in [0.15, 0.2) is 5.96 Å². The predicted octanol–water partition coefficient (Wildman–Crippen LogP) is 2.81. The van der Waals surface area contributed by atoms with E-state index >= 15 is 0 Å². The molecule has 8 nitrogen and oxygen atoms in total. The molecule has 1 atom stereocenters. The van der Waals surface area contributed by atoms with Crippen LogP contribution in [0.2, 0.25) is 0 Å². The lowest BCUT2D eigenvalue weighted by molar-refractivity contribution is -0.00803. The van der Waals surface area contributed by atoms with Crippen molar-refractivity contribution in [2.75, 3.05) is 32.8 Å². The number of nitrogens with zero attached hydrogens (tertiary/aromatic N) is 6. The quantitative estimate of drug-likeness (QED) is 0.299. The summed E-state index contributed by atoms with van der Waals surface area (Å²) in [6.07, 6.45) is 8.55. The number of aromatic nitrogens is 4. The summed E-state index contributed by atoms with van der Waals surface area (Å²) >= 11 is 0. The van der Waals surface area contributed by atoms with Crippen molar-refractivity contribution in [1.29, 1.82) is 0 Å². The monoisotopic (exact) mass is 535 g/mol. The van der Waals surface area contributed by atoms with Crippen LogP contribution in [0, 0.1) is 0 Å². The second-order valence-electron chi connectivity index (χ2n) is 7.36. The molecule has 0 amide bonds. The molecule has 9 heteroatoms. The van der Waals surface area contributed by atoms with Gasteiger partial charge in [0.25, 0.3) is 0 Å². The Morgan fingerprint density at radius 1 is 1.26 bits per heavy atom. The third-order valence-corrected chi connectivity index (χ3v) is 5.16. The van der Waals surface area contributed by atoms with Crippen molar-refractivity contribution >= 4 is 29.9 Å². The second-order valence-corrected chi connectivity index (χ2v) is 7.36. The first-order valence-corrected chi connectivity index (χ1v) is 10.5. The van der Waals surface area contributed by atoms with E-state index in [1.54, 1.807) is 6.20 Å². The van der Waals surface area contributed by atoms with Crippen LogP contribution in [0.15, 0.2) is 60.1 Å². The molecule has 3 heterocycles. The number of hydrogen-bond donors (Lipinski definition) is 1. The molecule has 1 aliphatic heterocycles. The zero-order chi connectivity index (χ0) is 20.8. The zero-order valence-electron chi connectivity index (χ0n) is 18.0. The summed E-state index contributed by atoms with van der Waals surface area (Å²) in [5.41, 5.74) is 3.44. The van der Waals surface area contributed by atoms with Gasteiger partial charge in [0, 0.05) is 50.8 Å². The lowest BCUT2D eigenvalue weighted by atomic mass is 10.1. The molecule has 0 saturated carbocycles. The predicted molar refractivity (Wildman–Crippen MR) is 132 cm³/mol. The Kier molecular flexibility index (Phi) is 8.47. The number of aryl methyl sites for hydroxylation is 1. The lowest BCUT2D eigenvalue weighted by Gasteiger charge is -2.34. The fourth-order valence-corrected chi connectivity index (χ4v) is 3.60. The number of halogens is 1. The lowest BCUT2D eigenvalue weighted by Crippen LogP contribution is -2.48. The number of aliphatic imine (C=N–C) groups is 1. The van der Waals surface area contributed by atoms with Gasteiger partial charge >= 0.3 is 0 Å². The van der Waals surface area contributed by atoms with E-state index in [-0.39, 0.29) is 30.1 Å². The Bertz CT molecular complexity index is 953. The fourth-order valence-electron chi connectivity index (χ4n) is 3.60. The van der Waals surface area contributed by atoms with Gasteiger partial charge in [-0.05, 0) is 37.1 Å². The Morgan fingerprint density at radius 3 is 2.77 bits per heavy atom. The Morgan fingerprint density at radius 2 is 2.10 bits per heavy atom. The van der Waals surface area contributed by atoms with Gasteiger partial charge in [0.1, 0.15) is 6.10 Å². The summed E-state index contributed by atoms with van der Waals surface area (Å²) in [6, 6.07) is 10.4. The Balaban J connectivity index is 0.00000272. The number of morpholine rings is 1. The summed E-state index contributed by atoms with van der Waals surface area (Å²) in [4.78, 5) is 7.16. The summed E-state index contributed by atoms with van der Waals surface area (Å²) < 4.78 is 9.64. The first kappa shape index (κ1) is 23.3. The number of hydrogen-bond acceptors (Lipinski definition) is 4. The first-order valence-electron chi connectivity index (χ1n) is 10.5. The normalized spacial score (nSPS) is 16.8. The van der Waals surface area contributed by atoms with E-state index < -0.39 is 0 Å². The van der Waals surface area contributed by atoms with E-state index in [4.69, 9.17) is 9.73 Å². The highest BCUT2D eigenvalue weighted by molar-refractivity contribution is 14.0. The van der Waals surface area contributed by atoms with Gasteiger partial charge < -0.3 is 15.0 Å². The van der Waals surface area contributed by atoms with E-state index in [9.17, 15) is 0 Å². The van der Waals surface area contributed by atoms with Crippen LogP contribution in [-0.4, -0.2) is 63.2 Å². The number of nitrogens with one attached hydrogen (secondary N) is 1. The smallest absolute Gasteiger partial charge is 0.194 e. The van der Waals surface area contributed by atoms with Crippen LogP contribution in [0.25, 0.3) is 5.69 Å². The average Bonchev–Trinajstić information content (AvgIpc) is 3.46. The molecule has 1 unspecified atom stereocenters. The molecule has 31 heavy (non-hydrogen) atoms. The maximum atomic E-state index is 5.97. The Labute approximate surface area is 200 Å². The highest BCUT2D eigenvalue weighted by Crippen LogP contribution is 2.21. The Hall–Kier alpha value is -2.40. The van der Waals surface area contributed by atoms with E-state index in [1.165, 1.54) is 5.56 Å². The largest absolute Gasteiger partial charge is 0.370 e. The molecular formula is C22H30IN7O. The van der Waals surface area contributed by atoms with Gasteiger partial charge in [0.2, 0.25) is 0 Å². The summed E-state index contributed by atoms with van der Waals surface area (Å²) in [5.74, 6) is 0.947.